The average molecular weight is 348 g/mol. The average Bonchev–Trinajstić information content (AvgIpc) is 2.62. The minimum atomic E-state index is -0.195. The quantitative estimate of drug-likeness (QED) is 0.820. The summed E-state index contributed by atoms with van der Waals surface area (Å²) in [6, 6.07) is 6.76. The summed E-state index contributed by atoms with van der Waals surface area (Å²) in [5.41, 5.74) is 0.977. The van der Waals surface area contributed by atoms with Crippen LogP contribution in [-0.4, -0.2) is 54.6 Å². The first kappa shape index (κ1) is 18.3. The zero-order valence-corrected chi connectivity index (χ0v) is 15.1. The molecule has 2 heterocycles. The summed E-state index contributed by atoms with van der Waals surface area (Å²) in [6.45, 7) is 6.86. The molecule has 2 fully saturated rings. The van der Waals surface area contributed by atoms with Crippen LogP contribution >= 0.6 is 0 Å². The van der Waals surface area contributed by atoms with Crippen molar-refractivity contribution in [2.75, 3.05) is 32.8 Å². The Balaban J connectivity index is 1.51. The van der Waals surface area contributed by atoms with Gasteiger partial charge in [-0.1, -0.05) is 12.1 Å². The third-order valence-electron chi connectivity index (χ3n) is 5.31. The topological polar surface area (TPSA) is 32.8 Å². The Morgan fingerprint density at radius 1 is 1.24 bits per heavy atom. The summed E-state index contributed by atoms with van der Waals surface area (Å²) in [5, 5.41) is 0. The fourth-order valence-electron chi connectivity index (χ4n) is 4.03. The molecule has 3 rings (SSSR count). The molecule has 0 unspecified atom stereocenters. The summed E-state index contributed by atoms with van der Waals surface area (Å²) in [5.74, 6) is 0.171. The van der Waals surface area contributed by atoms with Gasteiger partial charge in [0.15, 0.2) is 0 Å². The number of carbonyl (C=O) groups is 1. The summed E-state index contributed by atoms with van der Waals surface area (Å²) >= 11 is 0. The summed E-state index contributed by atoms with van der Waals surface area (Å²) in [4.78, 5) is 17.2. The minimum Gasteiger partial charge on any atom is -0.378 e. The number of ether oxygens (including phenoxy) is 1. The smallest absolute Gasteiger partial charge is 0.226 e. The van der Waals surface area contributed by atoms with Gasteiger partial charge in [-0.15, -0.1) is 0 Å². The first-order valence-electron chi connectivity index (χ1n) is 9.53. The lowest BCUT2D eigenvalue weighted by Crippen LogP contribution is -2.48. The molecule has 0 saturated carbocycles. The molecule has 1 aromatic carbocycles. The summed E-state index contributed by atoms with van der Waals surface area (Å²) in [6.07, 6.45) is 4.19. The third kappa shape index (κ3) is 5.02. The van der Waals surface area contributed by atoms with E-state index in [0.717, 1.165) is 64.0 Å². The van der Waals surface area contributed by atoms with Crippen LogP contribution in [0.3, 0.4) is 0 Å². The van der Waals surface area contributed by atoms with Crippen molar-refractivity contribution in [3.05, 3.63) is 35.6 Å². The van der Waals surface area contributed by atoms with Crippen molar-refractivity contribution in [2.24, 2.45) is 5.92 Å². The molecule has 2 aliphatic rings. The van der Waals surface area contributed by atoms with Gasteiger partial charge in [-0.2, -0.15) is 0 Å². The lowest BCUT2D eigenvalue weighted by Gasteiger charge is -2.37. The predicted molar refractivity (Wildman–Crippen MR) is 95.6 cm³/mol. The van der Waals surface area contributed by atoms with E-state index in [-0.39, 0.29) is 11.7 Å². The Kier molecular flexibility index (Phi) is 6.43. The molecule has 4 nitrogen and oxygen atoms in total. The molecular formula is C20H29FN2O2. The van der Waals surface area contributed by atoms with Gasteiger partial charge < -0.3 is 9.64 Å². The maximum absolute atomic E-state index is 13.4. The molecule has 0 aliphatic carbocycles. The number of amides is 1. The van der Waals surface area contributed by atoms with Gasteiger partial charge in [-0.05, 0) is 56.8 Å². The van der Waals surface area contributed by atoms with E-state index in [1.807, 2.05) is 17.9 Å². The van der Waals surface area contributed by atoms with E-state index < -0.39 is 0 Å². The SMILES string of the molecule is CCOC1CCN(C(=O)[C@@H]2CCCN(Cc3cccc(F)c3)C2)CC1. The third-order valence-corrected chi connectivity index (χ3v) is 5.31. The molecular weight excluding hydrogens is 319 g/mol. The van der Waals surface area contributed by atoms with Crippen molar-refractivity contribution in [3.63, 3.8) is 0 Å². The Hall–Kier alpha value is -1.46. The number of nitrogens with zero attached hydrogens (tertiary/aromatic N) is 2. The van der Waals surface area contributed by atoms with Gasteiger partial charge >= 0.3 is 0 Å². The molecule has 1 aromatic rings. The van der Waals surface area contributed by atoms with E-state index in [0.29, 0.717) is 18.6 Å². The van der Waals surface area contributed by atoms with E-state index >= 15 is 0 Å². The van der Waals surface area contributed by atoms with Crippen LogP contribution in [0.5, 0.6) is 0 Å². The monoisotopic (exact) mass is 348 g/mol. The standard InChI is InChI=1S/C20H29FN2O2/c1-2-25-19-8-11-23(12-9-19)20(24)17-6-4-10-22(15-17)14-16-5-3-7-18(21)13-16/h3,5,7,13,17,19H,2,4,6,8-12,14-15H2,1H3/t17-/m1/s1. The molecule has 138 valence electrons. The Bertz CT molecular complexity index is 573. The Morgan fingerprint density at radius 3 is 2.76 bits per heavy atom. The van der Waals surface area contributed by atoms with Crippen molar-refractivity contribution in [3.8, 4) is 0 Å². The van der Waals surface area contributed by atoms with Crippen LogP contribution in [0, 0.1) is 11.7 Å². The van der Waals surface area contributed by atoms with E-state index in [2.05, 4.69) is 4.90 Å². The van der Waals surface area contributed by atoms with Gasteiger partial charge in [0.2, 0.25) is 5.91 Å². The maximum Gasteiger partial charge on any atom is 0.226 e. The molecule has 0 radical (unpaired) electrons. The van der Waals surface area contributed by atoms with E-state index in [9.17, 15) is 9.18 Å². The summed E-state index contributed by atoms with van der Waals surface area (Å²) in [7, 11) is 0. The highest BCUT2D eigenvalue weighted by molar-refractivity contribution is 5.79. The number of likely N-dealkylation sites (tertiary alicyclic amines) is 2. The van der Waals surface area contributed by atoms with Crippen LogP contribution in [0.15, 0.2) is 24.3 Å². The molecule has 0 N–H and O–H groups in total. The van der Waals surface area contributed by atoms with E-state index in [1.54, 1.807) is 12.1 Å². The highest BCUT2D eigenvalue weighted by atomic mass is 19.1. The lowest BCUT2D eigenvalue weighted by molar-refractivity contribution is -0.140. The molecule has 2 saturated heterocycles. The van der Waals surface area contributed by atoms with E-state index in [1.165, 1.54) is 6.07 Å². The number of carbonyl (C=O) groups excluding carboxylic acids is 1. The fraction of sp³-hybridized carbons (Fsp3) is 0.650. The van der Waals surface area contributed by atoms with Crippen LogP contribution in [0.2, 0.25) is 0 Å². The predicted octanol–water partition coefficient (Wildman–Crippen LogP) is 3.07. The molecule has 1 amide bonds. The molecule has 5 heteroatoms. The molecule has 0 aromatic heterocycles. The number of piperidine rings is 2. The number of hydrogen-bond acceptors (Lipinski definition) is 3. The maximum atomic E-state index is 13.4. The van der Waals surface area contributed by atoms with Crippen molar-refractivity contribution in [1.82, 2.24) is 9.80 Å². The second-order valence-electron chi connectivity index (χ2n) is 7.18. The van der Waals surface area contributed by atoms with Crippen molar-refractivity contribution in [1.29, 1.82) is 0 Å². The first-order chi connectivity index (χ1) is 12.2. The second-order valence-corrected chi connectivity index (χ2v) is 7.18. The first-order valence-corrected chi connectivity index (χ1v) is 9.53. The number of benzene rings is 1. The van der Waals surface area contributed by atoms with Gasteiger partial charge in [-0.25, -0.2) is 4.39 Å². The van der Waals surface area contributed by atoms with Gasteiger partial charge in [-0.3, -0.25) is 9.69 Å². The van der Waals surface area contributed by atoms with Crippen LogP contribution < -0.4 is 0 Å². The minimum absolute atomic E-state index is 0.0750. The van der Waals surface area contributed by atoms with Gasteiger partial charge in [0, 0.05) is 32.8 Å². The van der Waals surface area contributed by atoms with Gasteiger partial charge in [0.1, 0.15) is 5.82 Å². The van der Waals surface area contributed by atoms with Crippen LogP contribution in [0.4, 0.5) is 4.39 Å². The highest BCUT2D eigenvalue weighted by Gasteiger charge is 2.31. The second kappa shape index (κ2) is 8.77. The fourth-order valence-corrected chi connectivity index (χ4v) is 4.03. The molecule has 0 spiro atoms. The van der Waals surface area contributed by atoms with Gasteiger partial charge in [0.25, 0.3) is 0 Å². The van der Waals surface area contributed by atoms with Crippen LogP contribution in [0.1, 0.15) is 38.2 Å². The highest BCUT2D eigenvalue weighted by Crippen LogP contribution is 2.23. The van der Waals surface area contributed by atoms with E-state index in [4.69, 9.17) is 4.74 Å². The van der Waals surface area contributed by atoms with Crippen molar-refractivity contribution < 1.29 is 13.9 Å². The number of rotatable bonds is 5. The van der Waals surface area contributed by atoms with Crippen molar-refractivity contribution >= 4 is 5.91 Å². The lowest BCUT2D eigenvalue weighted by atomic mass is 9.95. The largest absolute Gasteiger partial charge is 0.378 e. The van der Waals surface area contributed by atoms with Crippen LogP contribution in [-0.2, 0) is 16.1 Å². The van der Waals surface area contributed by atoms with Crippen molar-refractivity contribution in [2.45, 2.75) is 45.3 Å². The van der Waals surface area contributed by atoms with Gasteiger partial charge in [0.05, 0.1) is 12.0 Å². The molecule has 25 heavy (non-hydrogen) atoms. The molecule has 2 aliphatic heterocycles. The summed E-state index contributed by atoms with van der Waals surface area (Å²) < 4.78 is 19.0. The molecule has 0 bridgehead atoms. The Labute approximate surface area is 149 Å². The molecule has 1 atom stereocenters. The zero-order chi connectivity index (χ0) is 17.6. The number of halogens is 1. The van der Waals surface area contributed by atoms with Crippen LogP contribution in [0.25, 0.3) is 0 Å². The zero-order valence-electron chi connectivity index (χ0n) is 15.1. The Morgan fingerprint density at radius 2 is 2.04 bits per heavy atom. The number of hydrogen-bond donors (Lipinski definition) is 0. The normalized spacial score (nSPS) is 23.0.